The van der Waals surface area contributed by atoms with Gasteiger partial charge >= 0.3 is 19.8 Å². The second-order valence-corrected chi connectivity index (χ2v) is 17.2. The maximum atomic E-state index is 12.7. The molecular weight excluding hydrogens is 701 g/mol. The first kappa shape index (κ1) is 52.2. The van der Waals surface area contributed by atoms with Crippen molar-refractivity contribution in [1.29, 1.82) is 0 Å². The molecule has 0 amide bonds. The van der Waals surface area contributed by atoms with E-state index < -0.39 is 26.5 Å². The molecule has 0 fully saturated rings. The molecule has 9 nitrogen and oxygen atoms in total. The Bertz CT molecular complexity index is 1020. The lowest BCUT2D eigenvalue weighted by Crippen LogP contribution is -2.37. The van der Waals surface area contributed by atoms with Crippen LogP contribution < -0.4 is 0 Å². The molecule has 1 N–H and O–H groups in total. The molecule has 0 aliphatic carbocycles. The zero-order valence-electron chi connectivity index (χ0n) is 35.5. The summed E-state index contributed by atoms with van der Waals surface area (Å²) in [6, 6.07) is 0. The number of hydrogen-bond donors (Lipinski definition) is 1. The third kappa shape index (κ3) is 39.9. The van der Waals surface area contributed by atoms with Crippen LogP contribution in [0.2, 0.25) is 0 Å². The Labute approximate surface area is 331 Å². The fraction of sp³-hybridized carbons (Fsp3) is 0.818. The van der Waals surface area contributed by atoms with Crippen molar-refractivity contribution in [3.63, 3.8) is 0 Å². The van der Waals surface area contributed by atoms with Gasteiger partial charge in [-0.3, -0.25) is 18.6 Å². The molecule has 0 aromatic rings. The molecule has 54 heavy (non-hydrogen) atoms. The highest BCUT2D eigenvalue weighted by molar-refractivity contribution is 7.47. The second-order valence-electron chi connectivity index (χ2n) is 15.7. The van der Waals surface area contributed by atoms with E-state index in [0.29, 0.717) is 17.4 Å². The number of allylic oxidation sites excluding steroid dienone is 6. The number of quaternary nitrogens is 1. The number of unbranched alkanes of at least 4 members (excludes halogenated alkanes) is 19. The lowest BCUT2D eigenvalue weighted by Gasteiger charge is -2.24. The van der Waals surface area contributed by atoms with Crippen LogP contribution >= 0.6 is 7.82 Å². The monoisotopic (exact) mass is 785 g/mol. The zero-order chi connectivity index (χ0) is 40.0. The van der Waals surface area contributed by atoms with Gasteiger partial charge in [0.25, 0.3) is 0 Å². The molecule has 0 rings (SSSR count). The van der Waals surface area contributed by atoms with Crippen molar-refractivity contribution in [2.45, 2.75) is 187 Å². The summed E-state index contributed by atoms with van der Waals surface area (Å²) in [7, 11) is 1.46. The highest BCUT2D eigenvalue weighted by Gasteiger charge is 2.27. The Hall–Kier alpha value is -1.77. The first-order valence-corrected chi connectivity index (χ1v) is 23.2. The fourth-order valence-electron chi connectivity index (χ4n) is 5.67. The van der Waals surface area contributed by atoms with E-state index in [1.165, 1.54) is 64.2 Å². The van der Waals surface area contributed by atoms with E-state index in [9.17, 15) is 19.0 Å². The topological polar surface area (TPSA) is 108 Å². The van der Waals surface area contributed by atoms with Gasteiger partial charge < -0.3 is 18.9 Å². The minimum atomic E-state index is -4.38. The van der Waals surface area contributed by atoms with Crippen LogP contribution in [0.5, 0.6) is 0 Å². The van der Waals surface area contributed by atoms with Gasteiger partial charge in [-0.25, -0.2) is 4.57 Å². The van der Waals surface area contributed by atoms with Crippen molar-refractivity contribution in [1.82, 2.24) is 0 Å². The molecule has 0 aromatic heterocycles. The summed E-state index contributed by atoms with van der Waals surface area (Å²) in [5.41, 5.74) is 0. The van der Waals surface area contributed by atoms with Crippen LogP contribution in [0.4, 0.5) is 0 Å². The Kier molecular flexibility index (Phi) is 35.6. The molecule has 10 heteroatoms. The third-order valence-electron chi connectivity index (χ3n) is 9.14. The number of likely N-dealkylation sites (N-methyl/N-ethyl adjacent to an activating group) is 1. The van der Waals surface area contributed by atoms with Crippen molar-refractivity contribution in [2.75, 3.05) is 47.5 Å². The highest BCUT2D eigenvalue weighted by atomic mass is 31.2. The van der Waals surface area contributed by atoms with E-state index in [4.69, 9.17) is 18.5 Å². The predicted octanol–water partition coefficient (Wildman–Crippen LogP) is 12.1. The Morgan fingerprint density at radius 3 is 1.54 bits per heavy atom. The number of phosphoric ester groups is 1. The first-order chi connectivity index (χ1) is 26.0. The molecule has 0 aliphatic heterocycles. The summed E-state index contributed by atoms with van der Waals surface area (Å²) < 4.78 is 34.3. The van der Waals surface area contributed by atoms with E-state index in [1.54, 1.807) is 0 Å². The highest BCUT2D eigenvalue weighted by Crippen LogP contribution is 2.43. The van der Waals surface area contributed by atoms with Crippen LogP contribution in [0.3, 0.4) is 0 Å². The zero-order valence-corrected chi connectivity index (χ0v) is 36.3. The normalized spacial score (nSPS) is 14.0. The van der Waals surface area contributed by atoms with Crippen molar-refractivity contribution < 1.29 is 42.1 Å². The molecule has 0 saturated carbocycles. The maximum absolute atomic E-state index is 12.7. The number of nitrogens with zero attached hydrogens (tertiary/aromatic N) is 1. The van der Waals surface area contributed by atoms with Crippen molar-refractivity contribution in [3.8, 4) is 0 Å². The molecule has 0 bridgehead atoms. The molecule has 0 heterocycles. The van der Waals surface area contributed by atoms with Gasteiger partial charge in [0.1, 0.15) is 19.8 Å². The number of phosphoric acid groups is 1. The van der Waals surface area contributed by atoms with Gasteiger partial charge in [0.15, 0.2) is 6.10 Å². The summed E-state index contributed by atoms with van der Waals surface area (Å²) in [5.74, 6) is -0.824. The summed E-state index contributed by atoms with van der Waals surface area (Å²) >= 11 is 0. The lowest BCUT2D eigenvalue weighted by molar-refractivity contribution is -0.870. The van der Waals surface area contributed by atoms with E-state index in [-0.39, 0.29) is 32.0 Å². The summed E-state index contributed by atoms with van der Waals surface area (Å²) in [4.78, 5) is 35.3. The van der Waals surface area contributed by atoms with Gasteiger partial charge in [0.2, 0.25) is 0 Å². The Balaban J connectivity index is 4.40. The molecule has 2 unspecified atom stereocenters. The van der Waals surface area contributed by atoms with Gasteiger partial charge in [-0.15, -0.1) is 0 Å². The minimum Gasteiger partial charge on any atom is -0.462 e. The largest absolute Gasteiger partial charge is 0.472 e. The van der Waals surface area contributed by atoms with Gasteiger partial charge in [-0.05, 0) is 64.2 Å². The fourth-order valence-corrected chi connectivity index (χ4v) is 6.41. The van der Waals surface area contributed by atoms with Crippen LogP contribution in [0.1, 0.15) is 181 Å². The van der Waals surface area contributed by atoms with Gasteiger partial charge in [-0.2, -0.15) is 0 Å². The molecule has 316 valence electrons. The Morgan fingerprint density at radius 1 is 0.574 bits per heavy atom. The number of ether oxygens (including phenoxy) is 2. The molecule has 0 aliphatic rings. The standard InChI is InChI=1S/C44H82NO8P/c1-6-8-10-12-14-16-18-20-22-23-25-26-28-30-32-34-36-43(46)50-40-42(41-52-54(48,49)51-39-38-45(3,4)5)53-44(47)37-35-33-31-29-27-24-21-19-17-15-13-11-9-7-2/h13,15,19,21-23,42H,6-12,14,16-18,20,24-41H2,1-5H3/p+1/b15-13-,21-19-,23-22-. The van der Waals surface area contributed by atoms with Gasteiger partial charge in [-0.1, -0.05) is 140 Å². The quantitative estimate of drug-likeness (QED) is 0.0216. The van der Waals surface area contributed by atoms with Crippen LogP contribution in [-0.2, 0) is 32.7 Å². The number of rotatable bonds is 39. The molecule has 2 atom stereocenters. The van der Waals surface area contributed by atoms with Crippen LogP contribution in [0.25, 0.3) is 0 Å². The number of carbonyl (C=O) groups excluding carboxylic acids is 2. The average molecular weight is 785 g/mol. The maximum Gasteiger partial charge on any atom is 0.472 e. The molecule has 0 aromatic carbocycles. The van der Waals surface area contributed by atoms with Gasteiger partial charge in [0, 0.05) is 12.8 Å². The van der Waals surface area contributed by atoms with Crippen molar-refractivity contribution >= 4 is 19.8 Å². The minimum absolute atomic E-state index is 0.0273. The van der Waals surface area contributed by atoms with E-state index in [2.05, 4.69) is 50.3 Å². The van der Waals surface area contributed by atoms with Crippen LogP contribution in [-0.4, -0.2) is 74.9 Å². The molecule has 0 radical (unpaired) electrons. The van der Waals surface area contributed by atoms with E-state index in [1.807, 2.05) is 21.1 Å². The SMILES string of the molecule is CCCC/C=C\C/C=C\CCCCCCCC(=O)OC(COC(=O)CCCCCCC/C=C\CCCCCCCCC)COP(=O)(O)OCC[N+](C)(C)C. The van der Waals surface area contributed by atoms with E-state index in [0.717, 1.165) is 83.5 Å². The third-order valence-corrected chi connectivity index (χ3v) is 10.1. The lowest BCUT2D eigenvalue weighted by atomic mass is 10.1. The summed E-state index contributed by atoms with van der Waals surface area (Å²) in [5, 5.41) is 0. The molecular formula is C44H83NO8P+. The Morgan fingerprint density at radius 2 is 1.02 bits per heavy atom. The van der Waals surface area contributed by atoms with Gasteiger partial charge in [0.05, 0.1) is 27.7 Å². The molecule has 0 spiro atoms. The van der Waals surface area contributed by atoms with Crippen LogP contribution in [0.15, 0.2) is 36.5 Å². The average Bonchev–Trinajstić information content (AvgIpc) is 3.12. The van der Waals surface area contributed by atoms with E-state index >= 15 is 0 Å². The predicted molar refractivity (Wildman–Crippen MR) is 224 cm³/mol. The summed E-state index contributed by atoms with van der Waals surface area (Å²) in [6.45, 7) is 4.35. The number of esters is 2. The van der Waals surface area contributed by atoms with Crippen LogP contribution in [0, 0.1) is 0 Å². The number of hydrogen-bond acceptors (Lipinski definition) is 7. The summed E-state index contributed by atoms with van der Waals surface area (Å²) in [6.07, 6.45) is 40.4. The van der Waals surface area contributed by atoms with Crippen molar-refractivity contribution in [2.24, 2.45) is 0 Å². The van der Waals surface area contributed by atoms with Crippen molar-refractivity contribution in [3.05, 3.63) is 36.5 Å². The second kappa shape index (κ2) is 36.8. The first-order valence-electron chi connectivity index (χ1n) is 21.7. The smallest absolute Gasteiger partial charge is 0.462 e. The molecule has 0 saturated heterocycles. The number of carbonyl (C=O) groups is 2.